The van der Waals surface area contributed by atoms with Gasteiger partial charge in [-0.3, -0.25) is 19.7 Å². The van der Waals surface area contributed by atoms with E-state index in [1.54, 1.807) is 6.07 Å². The average molecular weight is 475 g/mol. The van der Waals surface area contributed by atoms with Crippen LogP contribution < -0.4 is 4.90 Å². The smallest absolute Gasteiger partial charge is 0.274 e. The van der Waals surface area contributed by atoms with Gasteiger partial charge in [0, 0.05) is 22.4 Å². The molecule has 1 heterocycles. The Bertz CT molecular complexity index is 1200. The third kappa shape index (κ3) is 2.32. The fourth-order valence-electron chi connectivity index (χ4n) is 5.75. The summed E-state index contributed by atoms with van der Waals surface area (Å²) in [5, 5.41) is 11.7. The van der Waals surface area contributed by atoms with Crippen molar-refractivity contribution < 1.29 is 14.5 Å². The number of benzene rings is 3. The van der Waals surface area contributed by atoms with Gasteiger partial charge in [0.2, 0.25) is 11.8 Å². The molecule has 3 aliphatic carbocycles. The average Bonchev–Trinajstić information content (AvgIpc) is 3.04. The summed E-state index contributed by atoms with van der Waals surface area (Å²) in [4.78, 5) is 39.6. The lowest BCUT2D eigenvalue weighted by Crippen LogP contribution is -2.41. The fraction of sp³-hybridized carbons (Fsp3) is 0.167. The number of nitro benzene ring substituents is 1. The molecular weight excluding hydrogens is 460 g/mol. The standard InChI is InChI=1S/C24H15BrN2O4/c25-12-9-10-17(18(11-12)27(30)31)26-23(28)21-19-13-5-1-2-6-14(13)20(22(21)24(26)29)16-8-4-3-7-15(16)19/h1-11,19-22H/t19?,20?,21-,22-/m1/s1. The highest BCUT2D eigenvalue weighted by atomic mass is 79.9. The van der Waals surface area contributed by atoms with Crippen molar-refractivity contribution in [2.45, 2.75) is 11.8 Å². The first-order valence-electron chi connectivity index (χ1n) is 9.98. The number of carbonyl (C=O) groups excluding carboxylic acids is 2. The minimum Gasteiger partial charge on any atom is -0.274 e. The number of amides is 2. The van der Waals surface area contributed by atoms with Crippen LogP contribution in [0.1, 0.15) is 34.1 Å². The molecule has 2 atom stereocenters. The van der Waals surface area contributed by atoms with E-state index in [-0.39, 0.29) is 35.0 Å². The van der Waals surface area contributed by atoms with Gasteiger partial charge in [0.1, 0.15) is 5.69 Å². The third-order valence-electron chi connectivity index (χ3n) is 6.82. The summed E-state index contributed by atoms with van der Waals surface area (Å²) in [7, 11) is 0. The lowest BCUT2D eigenvalue weighted by molar-refractivity contribution is -0.384. The first-order valence-corrected chi connectivity index (χ1v) is 10.8. The van der Waals surface area contributed by atoms with Gasteiger partial charge in [-0.15, -0.1) is 0 Å². The van der Waals surface area contributed by atoms with Crippen LogP contribution in [0.5, 0.6) is 0 Å². The highest BCUT2D eigenvalue weighted by molar-refractivity contribution is 9.10. The van der Waals surface area contributed by atoms with Crippen molar-refractivity contribution in [2.75, 3.05) is 4.90 Å². The predicted octanol–water partition coefficient (Wildman–Crippen LogP) is 4.75. The van der Waals surface area contributed by atoms with Crippen molar-refractivity contribution in [1.29, 1.82) is 0 Å². The van der Waals surface area contributed by atoms with Crippen molar-refractivity contribution in [2.24, 2.45) is 11.8 Å². The number of nitrogens with zero attached hydrogens (tertiary/aromatic N) is 2. The summed E-state index contributed by atoms with van der Waals surface area (Å²) >= 11 is 3.24. The number of halogens is 1. The second-order valence-corrected chi connectivity index (χ2v) is 9.08. The normalized spacial score (nSPS) is 25.3. The molecule has 3 aromatic carbocycles. The molecule has 2 bridgehead atoms. The molecule has 0 radical (unpaired) electrons. The van der Waals surface area contributed by atoms with Crippen molar-refractivity contribution >= 4 is 39.1 Å². The maximum atomic E-state index is 13.7. The SMILES string of the molecule is O=C1[C@@H]2C3c4ccccc4C(c4ccccc43)[C@H]2C(=O)N1c1ccc(Br)cc1[N+](=O)[O-]. The van der Waals surface area contributed by atoms with Gasteiger partial charge in [-0.25, -0.2) is 4.90 Å². The molecule has 1 fully saturated rings. The van der Waals surface area contributed by atoms with Crippen LogP contribution in [0.4, 0.5) is 11.4 Å². The number of hydrogen-bond donors (Lipinski definition) is 0. The van der Waals surface area contributed by atoms with E-state index in [1.165, 1.54) is 12.1 Å². The number of nitro groups is 1. The van der Waals surface area contributed by atoms with Crippen LogP contribution in [0.2, 0.25) is 0 Å². The number of imide groups is 1. The molecule has 3 aromatic rings. The second kappa shape index (κ2) is 6.34. The lowest BCUT2D eigenvalue weighted by atomic mass is 9.55. The topological polar surface area (TPSA) is 80.5 Å². The summed E-state index contributed by atoms with van der Waals surface area (Å²) in [6.45, 7) is 0. The summed E-state index contributed by atoms with van der Waals surface area (Å²) < 4.78 is 0.513. The van der Waals surface area contributed by atoms with Crippen molar-refractivity contribution in [3.05, 3.63) is 104 Å². The van der Waals surface area contributed by atoms with Gasteiger partial charge in [-0.05, 0) is 34.4 Å². The Labute approximate surface area is 185 Å². The van der Waals surface area contributed by atoms with Gasteiger partial charge in [0.15, 0.2) is 0 Å². The molecule has 2 amide bonds. The van der Waals surface area contributed by atoms with E-state index in [4.69, 9.17) is 0 Å². The molecule has 7 heteroatoms. The molecular formula is C24H15BrN2O4. The van der Waals surface area contributed by atoms with Crippen LogP contribution in [0.15, 0.2) is 71.2 Å². The molecule has 6 nitrogen and oxygen atoms in total. The van der Waals surface area contributed by atoms with E-state index >= 15 is 0 Å². The molecule has 0 saturated carbocycles. The van der Waals surface area contributed by atoms with Crippen LogP contribution >= 0.6 is 15.9 Å². The van der Waals surface area contributed by atoms with Gasteiger partial charge >= 0.3 is 0 Å². The molecule has 152 valence electrons. The molecule has 4 aliphatic rings. The van der Waals surface area contributed by atoms with Crippen LogP contribution in [-0.4, -0.2) is 16.7 Å². The highest BCUT2D eigenvalue weighted by Gasteiger charge is 2.62. The molecule has 0 aromatic heterocycles. The van der Waals surface area contributed by atoms with Crippen molar-refractivity contribution in [3.8, 4) is 0 Å². The fourth-order valence-corrected chi connectivity index (χ4v) is 6.10. The molecule has 0 unspecified atom stereocenters. The molecule has 1 aliphatic heterocycles. The van der Waals surface area contributed by atoms with Gasteiger partial charge < -0.3 is 0 Å². The zero-order chi connectivity index (χ0) is 21.4. The van der Waals surface area contributed by atoms with Gasteiger partial charge in [-0.1, -0.05) is 64.5 Å². The minimum absolute atomic E-state index is 0.0325. The summed E-state index contributed by atoms with van der Waals surface area (Å²) in [5.41, 5.74) is 4.05. The molecule has 31 heavy (non-hydrogen) atoms. The monoisotopic (exact) mass is 474 g/mol. The second-order valence-electron chi connectivity index (χ2n) is 8.17. The molecule has 0 spiro atoms. The van der Waals surface area contributed by atoms with Crippen LogP contribution in [0, 0.1) is 22.0 Å². The van der Waals surface area contributed by atoms with Crippen molar-refractivity contribution in [1.82, 2.24) is 0 Å². The van der Waals surface area contributed by atoms with E-state index in [2.05, 4.69) is 15.9 Å². The Hall–Kier alpha value is -3.32. The lowest BCUT2D eigenvalue weighted by Gasteiger charge is -2.45. The zero-order valence-corrected chi connectivity index (χ0v) is 17.7. The van der Waals surface area contributed by atoms with Crippen molar-refractivity contribution in [3.63, 3.8) is 0 Å². The molecule has 1 saturated heterocycles. The Kier molecular flexibility index (Phi) is 3.77. The van der Waals surface area contributed by atoms with E-state index in [0.29, 0.717) is 4.47 Å². The molecule has 0 N–H and O–H groups in total. The zero-order valence-electron chi connectivity index (χ0n) is 16.1. The Morgan fingerprint density at radius 3 is 1.65 bits per heavy atom. The van der Waals surface area contributed by atoms with E-state index in [1.807, 2.05) is 48.5 Å². The number of hydrogen-bond acceptors (Lipinski definition) is 4. The van der Waals surface area contributed by atoms with Gasteiger partial charge in [0.25, 0.3) is 5.69 Å². The number of carbonyl (C=O) groups is 2. The van der Waals surface area contributed by atoms with Crippen LogP contribution in [0.3, 0.4) is 0 Å². The first kappa shape index (κ1) is 18.4. The number of rotatable bonds is 2. The quantitative estimate of drug-likeness (QED) is 0.304. The van der Waals surface area contributed by atoms with Crippen LogP contribution in [-0.2, 0) is 9.59 Å². The summed E-state index contributed by atoms with van der Waals surface area (Å²) in [6, 6.07) is 20.3. The largest absolute Gasteiger partial charge is 0.294 e. The van der Waals surface area contributed by atoms with Gasteiger partial charge in [-0.2, -0.15) is 0 Å². The first-order chi connectivity index (χ1) is 15.0. The van der Waals surface area contributed by atoms with E-state index < -0.39 is 16.8 Å². The third-order valence-corrected chi connectivity index (χ3v) is 7.32. The predicted molar refractivity (Wildman–Crippen MR) is 117 cm³/mol. The van der Waals surface area contributed by atoms with Gasteiger partial charge in [0.05, 0.1) is 16.8 Å². The van der Waals surface area contributed by atoms with Crippen LogP contribution in [0.25, 0.3) is 0 Å². The highest BCUT2D eigenvalue weighted by Crippen LogP contribution is 2.61. The maximum Gasteiger partial charge on any atom is 0.294 e. The van der Waals surface area contributed by atoms with E-state index in [9.17, 15) is 19.7 Å². The Balaban J connectivity index is 1.57. The summed E-state index contributed by atoms with van der Waals surface area (Å²) in [6.07, 6.45) is 0. The number of anilines is 1. The minimum atomic E-state index is -0.564. The summed E-state index contributed by atoms with van der Waals surface area (Å²) in [5.74, 6) is -2.33. The molecule has 7 rings (SSSR count). The maximum absolute atomic E-state index is 13.7. The van der Waals surface area contributed by atoms with E-state index in [0.717, 1.165) is 27.2 Å². The Morgan fingerprint density at radius 1 is 0.774 bits per heavy atom. The Morgan fingerprint density at radius 2 is 1.23 bits per heavy atom.